The third kappa shape index (κ3) is 0.194. The molecule has 4 atom stereocenters. The van der Waals surface area contributed by atoms with E-state index in [1.807, 2.05) is 0 Å². The Labute approximate surface area is 62.0 Å². The normalized spacial score (nSPS) is 87.0. The summed E-state index contributed by atoms with van der Waals surface area (Å²) < 4.78 is 0. The fourth-order valence-corrected chi connectivity index (χ4v) is 5.18. The number of hydrogen-bond acceptors (Lipinski definition) is 0. The molecule has 4 aliphatic rings. The van der Waals surface area contributed by atoms with Gasteiger partial charge in [0, 0.05) is 0 Å². The molecular formula is C10H14. The molecule has 54 valence electrons. The van der Waals surface area contributed by atoms with Crippen molar-refractivity contribution in [2.45, 2.75) is 26.7 Å². The van der Waals surface area contributed by atoms with E-state index in [1.165, 1.54) is 23.7 Å². The van der Waals surface area contributed by atoms with E-state index in [1.54, 1.807) is 12.8 Å². The maximum Gasteiger partial charge on any atom is -0.0204 e. The minimum absolute atomic E-state index is 0.863. The monoisotopic (exact) mass is 134 g/mol. The molecule has 0 aliphatic heterocycles. The summed E-state index contributed by atoms with van der Waals surface area (Å²) in [5, 5.41) is 0. The summed E-state index contributed by atoms with van der Waals surface area (Å²) in [4.78, 5) is 0. The third-order valence-electron chi connectivity index (χ3n) is 6.01. The zero-order valence-electron chi connectivity index (χ0n) is 6.72. The van der Waals surface area contributed by atoms with Crippen molar-refractivity contribution in [1.29, 1.82) is 0 Å². The number of fused-ring (bicyclic) bond motifs is 2. The van der Waals surface area contributed by atoms with Gasteiger partial charge in [0.15, 0.2) is 0 Å². The van der Waals surface area contributed by atoms with Crippen molar-refractivity contribution in [3.05, 3.63) is 0 Å². The van der Waals surface area contributed by atoms with E-state index in [2.05, 4.69) is 13.8 Å². The van der Waals surface area contributed by atoms with E-state index in [0.717, 1.165) is 10.8 Å². The van der Waals surface area contributed by atoms with Crippen LogP contribution in [0.2, 0.25) is 0 Å². The molecule has 0 nitrogen and oxygen atoms in total. The van der Waals surface area contributed by atoms with Gasteiger partial charge in [0.1, 0.15) is 0 Å². The summed E-state index contributed by atoms with van der Waals surface area (Å²) in [5.74, 6) is 4.75. The van der Waals surface area contributed by atoms with Crippen LogP contribution in [-0.2, 0) is 0 Å². The molecule has 0 radical (unpaired) electrons. The van der Waals surface area contributed by atoms with Gasteiger partial charge in [0.25, 0.3) is 0 Å². The Morgan fingerprint density at radius 1 is 0.800 bits per heavy atom. The van der Waals surface area contributed by atoms with Crippen LogP contribution < -0.4 is 0 Å². The van der Waals surface area contributed by atoms with Gasteiger partial charge in [-0.25, -0.2) is 0 Å². The van der Waals surface area contributed by atoms with E-state index in [9.17, 15) is 0 Å². The summed E-state index contributed by atoms with van der Waals surface area (Å²) in [5.41, 5.74) is 1.73. The first kappa shape index (κ1) is 4.79. The van der Waals surface area contributed by atoms with Gasteiger partial charge >= 0.3 is 0 Å². The van der Waals surface area contributed by atoms with Crippen LogP contribution in [0.25, 0.3) is 0 Å². The summed E-state index contributed by atoms with van der Waals surface area (Å²) in [6, 6.07) is 0. The summed E-state index contributed by atoms with van der Waals surface area (Å²) >= 11 is 0. The van der Waals surface area contributed by atoms with Gasteiger partial charge in [-0.3, -0.25) is 0 Å². The lowest BCUT2D eigenvalue weighted by Gasteiger charge is -2.14. The summed E-state index contributed by atoms with van der Waals surface area (Å²) in [7, 11) is 0. The Bertz CT molecular complexity index is 198. The highest BCUT2D eigenvalue weighted by molar-refractivity contribution is 5.38. The van der Waals surface area contributed by atoms with E-state index in [0.29, 0.717) is 0 Å². The van der Waals surface area contributed by atoms with Gasteiger partial charge < -0.3 is 0 Å². The van der Waals surface area contributed by atoms with Crippen LogP contribution in [0.5, 0.6) is 0 Å². The lowest BCUT2D eigenvalue weighted by molar-refractivity contribution is 0.330. The minimum Gasteiger partial charge on any atom is -0.0585 e. The maximum atomic E-state index is 2.56. The van der Waals surface area contributed by atoms with Gasteiger partial charge in [-0.1, -0.05) is 13.8 Å². The van der Waals surface area contributed by atoms with Crippen molar-refractivity contribution >= 4 is 0 Å². The lowest BCUT2D eigenvalue weighted by Crippen LogP contribution is -2.09. The summed E-state index contributed by atoms with van der Waals surface area (Å²) in [6.07, 6.45) is 3.23. The van der Waals surface area contributed by atoms with Gasteiger partial charge in [-0.2, -0.15) is 0 Å². The molecule has 0 heterocycles. The molecule has 4 aliphatic carbocycles. The van der Waals surface area contributed by atoms with Crippen molar-refractivity contribution in [3.8, 4) is 0 Å². The molecule has 4 rings (SSSR count). The molecule has 4 fully saturated rings. The molecule has 0 N–H and O–H groups in total. The van der Waals surface area contributed by atoms with Crippen LogP contribution in [0.1, 0.15) is 26.7 Å². The molecule has 0 aromatic rings. The second kappa shape index (κ2) is 0.852. The van der Waals surface area contributed by atoms with Crippen LogP contribution in [0.4, 0.5) is 0 Å². The second-order valence-corrected chi connectivity index (χ2v) is 5.46. The van der Waals surface area contributed by atoms with Gasteiger partial charge in [-0.05, 0) is 47.3 Å². The Kier molecular flexibility index (Phi) is 0.408. The Morgan fingerprint density at radius 3 is 1.20 bits per heavy atom. The zero-order chi connectivity index (χ0) is 6.72. The molecule has 0 amide bonds. The average Bonchev–Trinajstić information content (AvgIpc) is 2.67. The van der Waals surface area contributed by atoms with Gasteiger partial charge in [-0.15, -0.1) is 0 Å². The van der Waals surface area contributed by atoms with Crippen molar-refractivity contribution in [2.75, 3.05) is 0 Å². The largest absolute Gasteiger partial charge is 0.0585 e. The highest BCUT2D eigenvalue weighted by Gasteiger charge is 2.91. The maximum absolute atomic E-state index is 2.56. The van der Waals surface area contributed by atoms with E-state index in [4.69, 9.17) is 0 Å². The van der Waals surface area contributed by atoms with Gasteiger partial charge in [0.05, 0.1) is 0 Å². The van der Waals surface area contributed by atoms with Crippen molar-refractivity contribution in [3.63, 3.8) is 0 Å². The molecule has 0 bridgehead atoms. The standard InChI is InChI=1S/C10H14/c1-9-5-3-7-8(4-6(5)9)10(7,9)2/h5-8H,3-4H2,1-2H3. The minimum atomic E-state index is 0.863. The second-order valence-electron chi connectivity index (χ2n) is 5.46. The fraction of sp³-hybridized carbons (Fsp3) is 1.00. The average molecular weight is 134 g/mol. The first-order chi connectivity index (χ1) is 4.70. The van der Waals surface area contributed by atoms with Crippen LogP contribution >= 0.6 is 0 Å². The van der Waals surface area contributed by atoms with E-state index in [-0.39, 0.29) is 0 Å². The summed E-state index contributed by atoms with van der Waals surface area (Å²) in [6.45, 7) is 5.13. The first-order valence-electron chi connectivity index (χ1n) is 4.70. The van der Waals surface area contributed by atoms with Crippen LogP contribution in [0, 0.1) is 34.5 Å². The molecule has 10 heavy (non-hydrogen) atoms. The Balaban J connectivity index is 2.04. The first-order valence-corrected chi connectivity index (χ1v) is 4.70. The van der Waals surface area contributed by atoms with Crippen molar-refractivity contribution < 1.29 is 0 Å². The van der Waals surface area contributed by atoms with Crippen LogP contribution in [-0.4, -0.2) is 0 Å². The topological polar surface area (TPSA) is 0 Å². The molecule has 0 saturated heterocycles. The molecule has 0 spiro atoms. The highest BCUT2D eigenvalue weighted by Crippen LogP contribution is 2.96. The van der Waals surface area contributed by atoms with E-state index >= 15 is 0 Å². The highest BCUT2D eigenvalue weighted by atomic mass is 15.0. The lowest BCUT2D eigenvalue weighted by atomic mass is 9.90. The SMILES string of the molecule is CC12C3CC4C(CC31)C42C. The van der Waals surface area contributed by atoms with Crippen molar-refractivity contribution in [1.82, 2.24) is 0 Å². The van der Waals surface area contributed by atoms with Crippen molar-refractivity contribution in [2.24, 2.45) is 34.5 Å². The van der Waals surface area contributed by atoms with E-state index < -0.39 is 0 Å². The Morgan fingerprint density at radius 2 is 1.10 bits per heavy atom. The van der Waals surface area contributed by atoms with Gasteiger partial charge in [0.2, 0.25) is 0 Å². The molecular weight excluding hydrogens is 120 g/mol. The van der Waals surface area contributed by atoms with Crippen LogP contribution in [0.15, 0.2) is 0 Å². The predicted molar refractivity (Wildman–Crippen MR) is 39.4 cm³/mol. The molecule has 0 aromatic carbocycles. The molecule has 4 unspecified atom stereocenters. The number of hydrogen-bond donors (Lipinski definition) is 0. The molecule has 4 saturated carbocycles. The third-order valence-corrected chi connectivity index (χ3v) is 6.01. The Hall–Kier alpha value is 0. The van der Waals surface area contributed by atoms with Crippen LogP contribution in [0.3, 0.4) is 0 Å². The quantitative estimate of drug-likeness (QED) is 0.477. The molecule has 0 heteroatoms. The number of rotatable bonds is 0. The fourth-order valence-electron chi connectivity index (χ4n) is 5.18. The molecule has 0 aromatic heterocycles. The zero-order valence-corrected chi connectivity index (χ0v) is 6.72. The smallest absolute Gasteiger partial charge is 0.0204 e. The predicted octanol–water partition coefficient (Wildman–Crippen LogP) is 2.30.